The number of carbonyl (C=O) groups is 2. The minimum Gasteiger partial charge on any atom is -0.486 e. The molecule has 1 aromatic carbocycles. The summed E-state index contributed by atoms with van der Waals surface area (Å²) in [5.74, 6) is 0.630. The lowest BCUT2D eigenvalue weighted by Gasteiger charge is -2.37. The Bertz CT molecular complexity index is 808. The van der Waals surface area contributed by atoms with Gasteiger partial charge in [0, 0.05) is 32.5 Å². The van der Waals surface area contributed by atoms with Gasteiger partial charge in [0.15, 0.2) is 5.78 Å². The third kappa shape index (κ3) is 4.42. The zero-order chi connectivity index (χ0) is 18.8. The number of benzene rings is 1. The predicted molar refractivity (Wildman–Crippen MR) is 96.6 cm³/mol. The van der Waals surface area contributed by atoms with E-state index < -0.39 is 15.6 Å². The van der Waals surface area contributed by atoms with Gasteiger partial charge in [0.05, 0.1) is 18.2 Å². The molecule has 0 bridgehead atoms. The monoisotopic (exact) mass is 380 g/mol. The van der Waals surface area contributed by atoms with Crippen LogP contribution >= 0.6 is 0 Å². The molecule has 142 valence electrons. The van der Waals surface area contributed by atoms with Crippen molar-refractivity contribution in [2.75, 3.05) is 25.9 Å². The van der Waals surface area contributed by atoms with Crippen molar-refractivity contribution >= 4 is 21.7 Å². The molecular formula is C18H24N2O5S. The van der Waals surface area contributed by atoms with E-state index in [-0.39, 0.29) is 24.7 Å². The van der Waals surface area contributed by atoms with Gasteiger partial charge in [0.25, 0.3) is 0 Å². The summed E-state index contributed by atoms with van der Waals surface area (Å²) >= 11 is 0. The van der Waals surface area contributed by atoms with Crippen LogP contribution in [-0.2, 0) is 14.8 Å². The lowest BCUT2D eigenvalue weighted by molar-refractivity contribution is -0.131. The third-order valence-corrected chi connectivity index (χ3v) is 5.68. The minimum absolute atomic E-state index is 0.0827. The second-order valence-electron chi connectivity index (χ2n) is 7.03. The highest BCUT2D eigenvalue weighted by molar-refractivity contribution is 7.88. The van der Waals surface area contributed by atoms with Gasteiger partial charge in [-0.05, 0) is 25.0 Å². The van der Waals surface area contributed by atoms with E-state index >= 15 is 0 Å². The van der Waals surface area contributed by atoms with Gasteiger partial charge < -0.3 is 9.64 Å². The highest BCUT2D eigenvalue weighted by Crippen LogP contribution is 2.39. The lowest BCUT2D eigenvalue weighted by Crippen LogP contribution is -2.43. The number of Topliss-reactive ketones (excluding diaryl/α,β-unsaturated/α-hetero) is 1. The fourth-order valence-corrected chi connectivity index (χ4v) is 4.11. The first kappa shape index (κ1) is 18.8. The molecule has 1 spiro atoms. The van der Waals surface area contributed by atoms with Crippen LogP contribution in [0, 0.1) is 0 Å². The number of hydrogen-bond donors (Lipinski definition) is 1. The Morgan fingerprint density at radius 1 is 1.27 bits per heavy atom. The van der Waals surface area contributed by atoms with Crippen molar-refractivity contribution in [2.24, 2.45) is 0 Å². The quantitative estimate of drug-likeness (QED) is 0.851. The number of nitrogens with one attached hydrogen (secondary N) is 1. The van der Waals surface area contributed by atoms with Gasteiger partial charge in [-0.25, -0.2) is 13.1 Å². The molecule has 0 aromatic heterocycles. The molecule has 1 aromatic rings. The normalized spacial score (nSPS) is 23.3. The van der Waals surface area contributed by atoms with E-state index in [9.17, 15) is 18.0 Å². The number of nitrogens with zero attached hydrogens (tertiary/aromatic N) is 1. The molecule has 8 heteroatoms. The topological polar surface area (TPSA) is 92.8 Å². The highest BCUT2D eigenvalue weighted by atomic mass is 32.2. The van der Waals surface area contributed by atoms with E-state index in [1.807, 2.05) is 18.2 Å². The van der Waals surface area contributed by atoms with Crippen molar-refractivity contribution in [3.63, 3.8) is 0 Å². The molecule has 1 atom stereocenters. The lowest BCUT2D eigenvalue weighted by atomic mass is 9.84. The van der Waals surface area contributed by atoms with Crippen LogP contribution in [0.5, 0.6) is 5.75 Å². The molecule has 0 radical (unpaired) electrons. The van der Waals surface area contributed by atoms with Crippen LogP contribution in [0.4, 0.5) is 0 Å². The smallest absolute Gasteiger partial charge is 0.223 e. The molecule has 0 saturated carbocycles. The van der Waals surface area contributed by atoms with E-state index in [1.54, 1.807) is 11.0 Å². The van der Waals surface area contributed by atoms with Crippen molar-refractivity contribution in [1.29, 1.82) is 0 Å². The molecule has 7 nitrogen and oxygen atoms in total. The summed E-state index contributed by atoms with van der Waals surface area (Å²) in [5.41, 5.74) is 0.0769. The highest BCUT2D eigenvalue weighted by Gasteiger charge is 2.41. The number of fused-ring (bicyclic) bond motifs is 1. The first-order valence-electron chi connectivity index (χ1n) is 8.82. The number of hydrogen-bond acceptors (Lipinski definition) is 5. The summed E-state index contributed by atoms with van der Waals surface area (Å²) in [6, 6.07) is 7.28. The number of ketones is 1. The summed E-state index contributed by atoms with van der Waals surface area (Å²) < 4.78 is 30.7. The zero-order valence-corrected chi connectivity index (χ0v) is 15.7. The second-order valence-corrected chi connectivity index (χ2v) is 8.87. The van der Waals surface area contributed by atoms with Gasteiger partial charge in [-0.2, -0.15) is 0 Å². The molecule has 3 rings (SSSR count). The second kappa shape index (κ2) is 7.36. The number of rotatable bonds is 4. The SMILES string of the molecule is CS(=O)(=O)NCCC(=O)N1CCCC2(CC1)CC(=O)c1ccccc1O2. The summed E-state index contributed by atoms with van der Waals surface area (Å²) in [6.45, 7) is 1.20. The van der Waals surface area contributed by atoms with Crippen molar-refractivity contribution in [3.05, 3.63) is 29.8 Å². The Balaban J connectivity index is 1.62. The van der Waals surface area contributed by atoms with E-state index in [0.717, 1.165) is 19.1 Å². The van der Waals surface area contributed by atoms with Crippen LogP contribution in [0.3, 0.4) is 0 Å². The maximum absolute atomic E-state index is 12.5. The van der Waals surface area contributed by atoms with Crippen molar-refractivity contribution in [2.45, 2.75) is 37.7 Å². The van der Waals surface area contributed by atoms with E-state index in [4.69, 9.17) is 4.74 Å². The molecule has 1 unspecified atom stereocenters. The Labute approximate surface area is 153 Å². The number of likely N-dealkylation sites (tertiary alicyclic amines) is 1. The number of sulfonamides is 1. The van der Waals surface area contributed by atoms with Gasteiger partial charge in [-0.3, -0.25) is 9.59 Å². The molecule has 0 aliphatic carbocycles. The van der Waals surface area contributed by atoms with Crippen LogP contribution in [0.15, 0.2) is 24.3 Å². The van der Waals surface area contributed by atoms with Crippen LogP contribution < -0.4 is 9.46 Å². The minimum atomic E-state index is -3.29. The van der Waals surface area contributed by atoms with Crippen LogP contribution in [-0.4, -0.2) is 56.5 Å². The summed E-state index contributed by atoms with van der Waals surface area (Å²) in [7, 11) is -3.29. The molecule has 2 aliphatic heterocycles. The Morgan fingerprint density at radius 3 is 2.81 bits per heavy atom. The molecule has 2 heterocycles. The predicted octanol–water partition coefficient (Wildman–Crippen LogP) is 1.34. The molecule has 1 N–H and O–H groups in total. The van der Waals surface area contributed by atoms with Crippen LogP contribution in [0.1, 0.15) is 42.5 Å². The maximum Gasteiger partial charge on any atom is 0.223 e. The molecule has 2 aliphatic rings. The molecule has 1 saturated heterocycles. The first-order valence-corrected chi connectivity index (χ1v) is 10.7. The number of carbonyl (C=O) groups excluding carboxylic acids is 2. The molecular weight excluding hydrogens is 356 g/mol. The average molecular weight is 380 g/mol. The first-order chi connectivity index (χ1) is 12.3. The standard InChI is InChI=1S/C18H24N2O5S/c1-26(23,24)19-10-7-17(22)20-11-4-8-18(9-12-20)13-15(21)14-5-2-3-6-16(14)25-18/h2-3,5-6,19H,4,7-13H2,1H3. The van der Waals surface area contributed by atoms with Crippen LogP contribution in [0.25, 0.3) is 0 Å². The Morgan fingerprint density at radius 2 is 2.04 bits per heavy atom. The summed E-state index contributed by atoms with van der Waals surface area (Å²) in [6.07, 6.45) is 3.60. The Hall–Kier alpha value is -1.93. The molecule has 1 amide bonds. The molecule has 26 heavy (non-hydrogen) atoms. The van der Waals surface area contributed by atoms with Crippen LogP contribution in [0.2, 0.25) is 0 Å². The van der Waals surface area contributed by atoms with Gasteiger partial charge in [0.1, 0.15) is 11.4 Å². The van der Waals surface area contributed by atoms with Gasteiger partial charge in [-0.1, -0.05) is 12.1 Å². The van der Waals surface area contributed by atoms with Gasteiger partial charge in [-0.15, -0.1) is 0 Å². The van der Waals surface area contributed by atoms with E-state index in [1.165, 1.54) is 0 Å². The fraction of sp³-hybridized carbons (Fsp3) is 0.556. The number of ether oxygens (including phenoxy) is 1. The number of amides is 1. The van der Waals surface area contributed by atoms with Crippen molar-refractivity contribution in [3.8, 4) is 5.75 Å². The summed E-state index contributed by atoms with van der Waals surface area (Å²) in [4.78, 5) is 26.6. The zero-order valence-electron chi connectivity index (χ0n) is 14.9. The third-order valence-electron chi connectivity index (χ3n) is 4.95. The van der Waals surface area contributed by atoms with Crippen molar-refractivity contribution in [1.82, 2.24) is 9.62 Å². The van der Waals surface area contributed by atoms with E-state index in [0.29, 0.717) is 37.2 Å². The number of para-hydroxylation sites is 1. The summed E-state index contributed by atoms with van der Waals surface area (Å²) in [5, 5.41) is 0. The average Bonchev–Trinajstić information content (AvgIpc) is 2.76. The molecule has 1 fully saturated rings. The Kier molecular flexibility index (Phi) is 5.34. The maximum atomic E-state index is 12.5. The van der Waals surface area contributed by atoms with Crippen molar-refractivity contribution < 1.29 is 22.7 Å². The van der Waals surface area contributed by atoms with E-state index in [2.05, 4.69) is 4.72 Å². The fourth-order valence-electron chi connectivity index (χ4n) is 3.64. The van der Waals surface area contributed by atoms with Gasteiger partial charge >= 0.3 is 0 Å². The van der Waals surface area contributed by atoms with Gasteiger partial charge in [0.2, 0.25) is 15.9 Å². The largest absolute Gasteiger partial charge is 0.486 e.